The van der Waals surface area contributed by atoms with Crippen LogP contribution in [-0.2, 0) is 0 Å². The predicted octanol–water partition coefficient (Wildman–Crippen LogP) is 4.70. The number of fused-ring (bicyclic) bond motifs is 1. The van der Waals surface area contributed by atoms with Crippen LogP contribution in [0, 0.1) is 0 Å². The maximum Gasteiger partial charge on any atom is 0.224 e. The van der Waals surface area contributed by atoms with E-state index in [2.05, 4.69) is 59.2 Å². The highest BCUT2D eigenvalue weighted by atomic mass is 35.5. The zero-order chi connectivity index (χ0) is 18.7. The van der Waals surface area contributed by atoms with E-state index in [9.17, 15) is 0 Å². The molecule has 26 heavy (non-hydrogen) atoms. The molecular weight excluding hydrogens is 346 g/mol. The van der Waals surface area contributed by atoms with Crippen molar-refractivity contribution in [3.05, 3.63) is 71.5 Å². The Morgan fingerprint density at radius 1 is 1.27 bits per heavy atom. The first-order valence-electron chi connectivity index (χ1n) is 8.50. The Bertz CT molecular complexity index is 973. The summed E-state index contributed by atoms with van der Waals surface area (Å²) >= 11 is 6.56. The van der Waals surface area contributed by atoms with E-state index in [4.69, 9.17) is 17.3 Å². The quantitative estimate of drug-likeness (QED) is 0.620. The number of nitrogens with zero attached hydrogens (tertiary/aromatic N) is 3. The Kier molecular flexibility index (Phi) is 5.28. The molecule has 1 aromatic heterocycles. The summed E-state index contributed by atoms with van der Waals surface area (Å²) < 4.78 is 1.50. The standard InChI is InChI=1S/C20H22ClN5/c1-4-13(2)18(21)19(26-20(22)23-12-24-26)25-14(3)16-10-9-15-7-5-6-8-17(15)11-16/h5-12,14,25H,2,4H2,1,3H3,(H2,22,23,24)/b19-18+/t14-/m0/s1. The minimum Gasteiger partial charge on any atom is -0.368 e. The van der Waals surface area contributed by atoms with Gasteiger partial charge in [0.2, 0.25) is 5.95 Å². The number of anilines is 1. The smallest absolute Gasteiger partial charge is 0.224 e. The molecule has 3 N–H and O–H groups in total. The number of rotatable bonds is 6. The highest BCUT2D eigenvalue weighted by Crippen LogP contribution is 2.27. The second kappa shape index (κ2) is 7.62. The Morgan fingerprint density at radius 2 is 2.00 bits per heavy atom. The van der Waals surface area contributed by atoms with Gasteiger partial charge in [0, 0.05) is 0 Å². The van der Waals surface area contributed by atoms with Gasteiger partial charge < -0.3 is 11.1 Å². The van der Waals surface area contributed by atoms with Gasteiger partial charge in [-0.2, -0.15) is 14.8 Å². The fraction of sp³-hybridized carbons (Fsp3) is 0.200. The number of hydrogen-bond donors (Lipinski definition) is 2. The van der Waals surface area contributed by atoms with Crippen LogP contribution in [0.2, 0.25) is 0 Å². The number of nitrogens with two attached hydrogens (primary N) is 1. The van der Waals surface area contributed by atoms with Crippen molar-refractivity contribution in [1.29, 1.82) is 0 Å². The van der Waals surface area contributed by atoms with Crippen LogP contribution >= 0.6 is 11.6 Å². The maximum atomic E-state index is 6.56. The molecule has 0 saturated carbocycles. The molecule has 0 aliphatic carbocycles. The highest BCUT2D eigenvalue weighted by Gasteiger charge is 2.17. The fourth-order valence-electron chi connectivity index (χ4n) is 2.73. The molecule has 0 bridgehead atoms. The molecule has 3 rings (SSSR count). The number of aromatic nitrogens is 3. The minimum atomic E-state index is -0.0170. The molecule has 2 aromatic carbocycles. The third kappa shape index (κ3) is 3.58. The Morgan fingerprint density at radius 3 is 2.65 bits per heavy atom. The lowest BCUT2D eigenvalue weighted by molar-refractivity contribution is 0.658. The third-order valence-electron chi connectivity index (χ3n) is 4.36. The van der Waals surface area contributed by atoms with Crippen LogP contribution < -0.4 is 11.1 Å². The van der Waals surface area contributed by atoms with Gasteiger partial charge in [-0.1, -0.05) is 61.5 Å². The Hall–Kier alpha value is -2.79. The normalized spacial score (nSPS) is 13.3. The van der Waals surface area contributed by atoms with E-state index in [-0.39, 0.29) is 12.0 Å². The van der Waals surface area contributed by atoms with Crippen molar-refractivity contribution in [2.24, 2.45) is 0 Å². The highest BCUT2D eigenvalue weighted by molar-refractivity contribution is 6.34. The van der Waals surface area contributed by atoms with E-state index in [1.165, 1.54) is 21.8 Å². The molecule has 5 nitrogen and oxygen atoms in total. The summed E-state index contributed by atoms with van der Waals surface area (Å²) in [6, 6.07) is 14.6. The van der Waals surface area contributed by atoms with E-state index in [1.807, 2.05) is 19.1 Å². The third-order valence-corrected chi connectivity index (χ3v) is 4.80. The minimum absolute atomic E-state index is 0.0170. The van der Waals surface area contributed by atoms with Crippen molar-refractivity contribution in [3.8, 4) is 0 Å². The Labute approximate surface area is 158 Å². The molecule has 0 radical (unpaired) electrons. The van der Waals surface area contributed by atoms with E-state index < -0.39 is 0 Å². The van der Waals surface area contributed by atoms with Gasteiger partial charge in [-0.25, -0.2) is 0 Å². The van der Waals surface area contributed by atoms with E-state index >= 15 is 0 Å². The van der Waals surface area contributed by atoms with Gasteiger partial charge >= 0.3 is 0 Å². The second-order valence-electron chi connectivity index (χ2n) is 6.12. The molecular formula is C20H22ClN5. The summed E-state index contributed by atoms with van der Waals surface area (Å²) in [4.78, 5) is 3.99. The molecule has 0 amide bonds. The van der Waals surface area contributed by atoms with Crippen molar-refractivity contribution in [1.82, 2.24) is 20.1 Å². The summed E-state index contributed by atoms with van der Waals surface area (Å²) in [6.45, 7) is 8.09. The number of nitrogen functional groups attached to an aromatic ring is 1. The van der Waals surface area contributed by atoms with Gasteiger partial charge in [0.25, 0.3) is 0 Å². The van der Waals surface area contributed by atoms with Crippen molar-refractivity contribution in [2.45, 2.75) is 26.3 Å². The van der Waals surface area contributed by atoms with Crippen LogP contribution in [0.4, 0.5) is 5.95 Å². The summed E-state index contributed by atoms with van der Waals surface area (Å²) in [5.74, 6) is 0.842. The van der Waals surface area contributed by atoms with Crippen LogP contribution in [-0.4, -0.2) is 14.8 Å². The van der Waals surface area contributed by atoms with Crippen LogP contribution in [0.15, 0.2) is 66.0 Å². The van der Waals surface area contributed by atoms with E-state index in [1.54, 1.807) is 0 Å². The Balaban J connectivity index is 1.97. The van der Waals surface area contributed by atoms with Crippen LogP contribution in [0.25, 0.3) is 16.6 Å². The number of halogens is 1. The van der Waals surface area contributed by atoms with Gasteiger partial charge in [0.05, 0.1) is 11.1 Å². The summed E-state index contributed by atoms with van der Waals surface area (Å²) in [5, 5.41) is 10.5. The zero-order valence-corrected chi connectivity index (χ0v) is 15.7. The first-order valence-corrected chi connectivity index (χ1v) is 8.88. The van der Waals surface area contributed by atoms with Gasteiger partial charge in [-0.15, -0.1) is 0 Å². The van der Waals surface area contributed by atoms with Gasteiger partial charge in [0.15, 0.2) is 5.82 Å². The lowest BCUT2D eigenvalue weighted by atomic mass is 10.0. The summed E-state index contributed by atoms with van der Waals surface area (Å²) in [7, 11) is 0. The van der Waals surface area contributed by atoms with Crippen LogP contribution in [0.5, 0.6) is 0 Å². The molecule has 1 heterocycles. The monoisotopic (exact) mass is 367 g/mol. The van der Waals surface area contributed by atoms with E-state index in [0.717, 1.165) is 17.6 Å². The maximum absolute atomic E-state index is 6.56. The molecule has 0 fully saturated rings. The average molecular weight is 368 g/mol. The molecule has 0 spiro atoms. The summed E-state index contributed by atoms with van der Waals surface area (Å²) in [6.07, 6.45) is 2.12. The topological polar surface area (TPSA) is 68.8 Å². The van der Waals surface area contributed by atoms with Gasteiger partial charge in [0.1, 0.15) is 6.33 Å². The van der Waals surface area contributed by atoms with Crippen LogP contribution in [0.1, 0.15) is 31.9 Å². The van der Waals surface area contributed by atoms with Crippen molar-refractivity contribution in [3.63, 3.8) is 0 Å². The molecule has 6 heteroatoms. The lowest BCUT2D eigenvalue weighted by Crippen LogP contribution is -2.24. The van der Waals surface area contributed by atoms with Crippen molar-refractivity contribution >= 4 is 34.1 Å². The number of benzene rings is 2. The first kappa shape index (κ1) is 18.0. The van der Waals surface area contributed by atoms with Gasteiger partial charge in [-0.05, 0) is 41.3 Å². The number of allylic oxidation sites excluding steroid dienone is 2. The number of nitrogens with one attached hydrogen (secondary N) is 1. The lowest BCUT2D eigenvalue weighted by Gasteiger charge is -2.21. The molecule has 1 atom stereocenters. The second-order valence-corrected chi connectivity index (χ2v) is 6.50. The summed E-state index contributed by atoms with van der Waals surface area (Å²) in [5.41, 5.74) is 7.87. The van der Waals surface area contributed by atoms with Crippen molar-refractivity contribution in [2.75, 3.05) is 5.73 Å². The molecule has 0 saturated heterocycles. The SMILES string of the molecule is C=C(CC)/C(Cl)=C(/N[C@@H](C)c1ccc2ccccc2c1)n1ncnc1N. The molecule has 0 aliphatic heterocycles. The average Bonchev–Trinajstić information content (AvgIpc) is 3.09. The fourth-order valence-corrected chi connectivity index (χ4v) is 3.00. The van der Waals surface area contributed by atoms with E-state index in [0.29, 0.717) is 10.9 Å². The van der Waals surface area contributed by atoms with Gasteiger partial charge in [-0.3, -0.25) is 0 Å². The molecule has 0 unspecified atom stereocenters. The number of hydrogen-bond acceptors (Lipinski definition) is 4. The first-order chi connectivity index (χ1) is 12.5. The largest absolute Gasteiger partial charge is 0.368 e. The molecule has 0 aliphatic rings. The molecule has 134 valence electrons. The van der Waals surface area contributed by atoms with Crippen LogP contribution in [0.3, 0.4) is 0 Å². The zero-order valence-electron chi connectivity index (χ0n) is 14.9. The molecule has 3 aromatic rings. The predicted molar refractivity (Wildman–Crippen MR) is 108 cm³/mol. The van der Waals surface area contributed by atoms with Crippen molar-refractivity contribution < 1.29 is 0 Å².